The molecule has 3 heteroatoms. The number of benzene rings is 2. The van der Waals surface area contributed by atoms with Gasteiger partial charge < -0.3 is 14.9 Å². The van der Waals surface area contributed by atoms with Crippen molar-refractivity contribution < 1.29 is 14.9 Å². The number of unbranched alkanes of at least 4 members (excludes halogenated alkanes) is 1. The van der Waals surface area contributed by atoms with Crippen LogP contribution in [0.3, 0.4) is 0 Å². The van der Waals surface area contributed by atoms with Gasteiger partial charge in [-0.15, -0.1) is 0 Å². The van der Waals surface area contributed by atoms with E-state index < -0.39 is 0 Å². The number of rotatable bonds is 4. The van der Waals surface area contributed by atoms with Gasteiger partial charge in [-0.05, 0) is 53.4 Å². The van der Waals surface area contributed by atoms with Gasteiger partial charge in [0.2, 0.25) is 0 Å². The van der Waals surface area contributed by atoms with E-state index >= 15 is 0 Å². The van der Waals surface area contributed by atoms with E-state index in [1.54, 1.807) is 13.2 Å². The monoisotopic (exact) mass is 400 g/mol. The van der Waals surface area contributed by atoms with Crippen molar-refractivity contribution in [1.29, 1.82) is 0 Å². The second kappa shape index (κ2) is 10.0. The summed E-state index contributed by atoms with van der Waals surface area (Å²) in [6.45, 7) is 17.0. The SMILES string of the molecule is CCCCc1cccc(OC)c1O.Cc1cc(C(C)(C)C)c(O)c(C(C)(C)C)c1. The summed E-state index contributed by atoms with van der Waals surface area (Å²) in [6, 6.07) is 9.79. The van der Waals surface area contributed by atoms with Crippen LogP contribution in [0.15, 0.2) is 30.3 Å². The lowest BCUT2D eigenvalue weighted by atomic mass is 9.78. The van der Waals surface area contributed by atoms with Crippen LogP contribution in [0.25, 0.3) is 0 Å². The average molecular weight is 401 g/mol. The predicted octanol–water partition coefficient (Wildman–Crippen LogP) is 7.04. The normalized spacial score (nSPS) is 11.6. The van der Waals surface area contributed by atoms with Crippen LogP contribution < -0.4 is 4.74 Å². The fourth-order valence-electron chi connectivity index (χ4n) is 3.22. The molecule has 0 spiro atoms. The summed E-state index contributed by atoms with van der Waals surface area (Å²) in [5.41, 5.74) is 4.23. The van der Waals surface area contributed by atoms with Crippen LogP contribution in [-0.2, 0) is 17.3 Å². The summed E-state index contributed by atoms with van der Waals surface area (Å²) in [7, 11) is 1.57. The van der Waals surface area contributed by atoms with E-state index in [1.807, 2.05) is 12.1 Å². The second-order valence-corrected chi connectivity index (χ2v) is 9.78. The van der Waals surface area contributed by atoms with Crippen molar-refractivity contribution in [2.24, 2.45) is 0 Å². The fraction of sp³-hybridized carbons (Fsp3) is 0.538. The molecule has 0 heterocycles. The standard InChI is InChI=1S/C15H24O.C11H16O2/c1-10-8-11(14(2,3)4)13(16)12(9-10)15(5,6)7;1-3-4-6-9-7-5-8-10(13-2)11(9)12/h8-9,16H,1-7H3;5,7-8,12H,3-4,6H2,1-2H3. The Bertz CT molecular complexity index is 758. The summed E-state index contributed by atoms with van der Waals surface area (Å²) in [5, 5.41) is 20.1. The third-order valence-corrected chi connectivity index (χ3v) is 4.97. The van der Waals surface area contributed by atoms with Gasteiger partial charge in [-0.1, -0.05) is 84.7 Å². The minimum atomic E-state index is -0.0178. The van der Waals surface area contributed by atoms with Crippen molar-refractivity contribution in [3.63, 3.8) is 0 Å². The number of phenolic OH excluding ortho intramolecular Hbond substituents is 2. The summed E-state index contributed by atoms with van der Waals surface area (Å²) in [4.78, 5) is 0. The number of para-hydroxylation sites is 1. The van der Waals surface area contributed by atoms with E-state index in [4.69, 9.17) is 4.74 Å². The maximum atomic E-state index is 10.4. The Balaban J connectivity index is 0.000000296. The lowest BCUT2D eigenvalue weighted by Crippen LogP contribution is -2.17. The van der Waals surface area contributed by atoms with Crippen molar-refractivity contribution in [2.45, 2.75) is 85.5 Å². The Morgan fingerprint density at radius 3 is 1.79 bits per heavy atom. The topological polar surface area (TPSA) is 49.7 Å². The highest BCUT2D eigenvalue weighted by Crippen LogP contribution is 2.39. The van der Waals surface area contributed by atoms with E-state index in [-0.39, 0.29) is 10.8 Å². The molecule has 0 saturated heterocycles. The molecular weight excluding hydrogens is 360 g/mol. The largest absolute Gasteiger partial charge is 0.507 e. The first-order chi connectivity index (χ1) is 13.3. The molecule has 162 valence electrons. The van der Waals surface area contributed by atoms with Gasteiger partial charge in [0.1, 0.15) is 5.75 Å². The summed E-state index contributed by atoms with van der Waals surface area (Å²) in [6.07, 6.45) is 3.15. The van der Waals surface area contributed by atoms with E-state index in [0.29, 0.717) is 17.2 Å². The molecule has 3 nitrogen and oxygen atoms in total. The summed E-state index contributed by atoms with van der Waals surface area (Å²) in [5.74, 6) is 1.32. The first kappa shape index (κ1) is 24.9. The van der Waals surface area contributed by atoms with Crippen molar-refractivity contribution in [2.75, 3.05) is 7.11 Å². The highest BCUT2D eigenvalue weighted by molar-refractivity contribution is 5.49. The van der Waals surface area contributed by atoms with Crippen LogP contribution in [0.1, 0.15) is 83.6 Å². The van der Waals surface area contributed by atoms with Gasteiger partial charge in [-0.2, -0.15) is 0 Å². The zero-order chi connectivity index (χ0) is 22.4. The zero-order valence-electron chi connectivity index (χ0n) is 19.8. The van der Waals surface area contributed by atoms with Gasteiger partial charge in [0.05, 0.1) is 7.11 Å². The van der Waals surface area contributed by atoms with Crippen molar-refractivity contribution >= 4 is 0 Å². The van der Waals surface area contributed by atoms with E-state index in [1.165, 1.54) is 5.56 Å². The Hall–Kier alpha value is -2.16. The maximum absolute atomic E-state index is 10.4. The van der Waals surface area contributed by atoms with Crippen LogP contribution in [0, 0.1) is 6.92 Å². The molecule has 2 N–H and O–H groups in total. The molecule has 0 bridgehead atoms. The number of aromatic hydroxyl groups is 2. The molecule has 0 radical (unpaired) electrons. The average Bonchev–Trinajstić information content (AvgIpc) is 2.61. The second-order valence-electron chi connectivity index (χ2n) is 9.78. The van der Waals surface area contributed by atoms with Gasteiger partial charge in [0, 0.05) is 0 Å². The Morgan fingerprint density at radius 2 is 1.38 bits per heavy atom. The Kier molecular flexibility index (Phi) is 8.62. The summed E-state index contributed by atoms with van der Waals surface area (Å²) >= 11 is 0. The minimum absolute atomic E-state index is 0.0178. The molecule has 0 aliphatic rings. The van der Waals surface area contributed by atoms with Crippen molar-refractivity contribution in [3.05, 3.63) is 52.6 Å². The molecule has 0 unspecified atom stereocenters. The third kappa shape index (κ3) is 6.99. The Morgan fingerprint density at radius 1 is 0.862 bits per heavy atom. The van der Waals surface area contributed by atoms with Gasteiger partial charge in [0.25, 0.3) is 0 Å². The van der Waals surface area contributed by atoms with Crippen LogP contribution >= 0.6 is 0 Å². The molecular formula is C26H40O3. The number of hydrogen-bond donors (Lipinski definition) is 2. The van der Waals surface area contributed by atoms with Crippen molar-refractivity contribution in [1.82, 2.24) is 0 Å². The Labute approximate surface area is 177 Å². The molecule has 0 aliphatic carbocycles. The van der Waals surface area contributed by atoms with Gasteiger partial charge >= 0.3 is 0 Å². The first-order valence-electron chi connectivity index (χ1n) is 10.5. The number of ether oxygens (including phenoxy) is 1. The molecule has 0 amide bonds. The molecule has 29 heavy (non-hydrogen) atoms. The molecule has 0 fully saturated rings. The minimum Gasteiger partial charge on any atom is -0.507 e. The number of phenols is 2. The number of hydrogen-bond acceptors (Lipinski definition) is 3. The van der Waals surface area contributed by atoms with Crippen molar-refractivity contribution in [3.8, 4) is 17.2 Å². The predicted molar refractivity (Wildman–Crippen MR) is 124 cm³/mol. The maximum Gasteiger partial charge on any atom is 0.160 e. The van der Waals surface area contributed by atoms with Crippen LogP contribution in [0.5, 0.6) is 17.2 Å². The quantitative estimate of drug-likeness (QED) is 0.578. The van der Waals surface area contributed by atoms with E-state index in [9.17, 15) is 10.2 Å². The number of methoxy groups -OCH3 is 1. The zero-order valence-corrected chi connectivity index (χ0v) is 19.8. The first-order valence-corrected chi connectivity index (χ1v) is 10.5. The molecule has 0 atom stereocenters. The van der Waals surface area contributed by atoms with Crippen LogP contribution in [-0.4, -0.2) is 17.3 Å². The van der Waals surface area contributed by atoms with E-state index in [2.05, 4.69) is 67.5 Å². The molecule has 2 aromatic carbocycles. The van der Waals surface area contributed by atoms with Gasteiger partial charge in [-0.25, -0.2) is 0 Å². The molecule has 2 rings (SSSR count). The van der Waals surface area contributed by atoms with E-state index in [0.717, 1.165) is 36.0 Å². The molecule has 0 saturated carbocycles. The molecule has 2 aromatic rings. The highest BCUT2D eigenvalue weighted by atomic mass is 16.5. The van der Waals surface area contributed by atoms with Crippen LogP contribution in [0.4, 0.5) is 0 Å². The lowest BCUT2D eigenvalue weighted by Gasteiger charge is -2.27. The van der Waals surface area contributed by atoms with Gasteiger partial charge in [0.15, 0.2) is 11.5 Å². The smallest absolute Gasteiger partial charge is 0.160 e. The third-order valence-electron chi connectivity index (χ3n) is 4.97. The highest BCUT2D eigenvalue weighted by Gasteiger charge is 2.25. The fourth-order valence-corrected chi connectivity index (χ4v) is 3.22. The molecule has 0 aliphatic heterocycles. The van der Waals surface area contributed by atoms with Gasteiger partial charge in [-0.3, -0.25) is 0 Å². The summed E-state index contributed by atoms with van der Waals surface area (Å²) < 4.78 is 5.02. The molecule has 0 aromatic heterocycles. The lowest BCUT2D eigenvalue weighted by molar-refractivity contribution is 0.370. The number of aryl methyl sites for hydroxylation is 2. The van der Waals surface area contributed by atoms with Crippen LogP contribution in [0.2, 0.25) is 0 Å².